The Labute approximate surface area is 83.6 Å². The molecule has 0 heterocycles. The normalized spacial score (nSPS) is 26.3. The molecule has 0 bridgehead atoms. The van der Waals surface area contributed by atoms with E-state index in [2.05, 4.69) is 0 Å². The van der Waals surface area contributed by atoms with E-state index in [0.29, 0.717) is 0 Å². The number of carboxylic acid groups (broad SMARTS) is 1. The Kier molecular flexibility index (Phi) is 2.53. The molecule has 1 N–H and O–H groups in total. The van der Waals surface area contributed by atoms with Crippen molar-refractivity contribution in [3.8, 4) is 0 Å². The minimum absolute atomic E-state index is 0.169. The van der Waals surface area contributed by atoms with Crippen LogP contribution in [-0.2, 0) is 4.79 Å². The fourth-order valence-electron chi connectivity index (χ4n) is 2.35. The Bertz CT molecular complexity index is 318. The lowest BCUT2D eigenvalue weighted by Gasteiger charge is -2.15. The number of carboxylic acids is 1. The molecule has 2 atom stereocenters. The average Bonchev–Trinajstić information content (AvgIpc) is 2.67. The van der Waals surface area contributed by atoms with Crippen LogP contribution in [0.25, 0.3) is 0 Å². The highest BCUT2D eigenvalue weighted by Gasteiger charge is 2.33. The first-order valence-corrected chi connectivity index (χ1v) is 5.07. The summed E-state index contributed by atoms with van der Waals surface area (Å²) < 4.78 is 0. The van der Waals surface area contributed by atoms with Gasteiger partial charge >= 0.3 is 5.97 Å². The number of benzene rings is 1. The van der Waals surface area contributed by atoms with Gasteiger partial charge in [-0.1, -0.05) is 36.8 Å². The van der Waals surface area contributed by atoms with Crippen molar-refractivity contribution in [1.29, 1.82) is 0 Å². The van der Waals surface area contributed by atoms with Crippen molar-refractivity contribution < 1.29 is 9.90 Å². The van der Waals surface area contributed by atoms with Gasteiger partial charge < -0.3 is 5.11 Å². The van der Waals surface area contributed by atoms with Crippen molar-refractivity contribution in [1.82, 2.24) is 0 Å². The Balaban J connectivity index is 2.22. The maximum absolute atomic E-state index is 11.0. The van der Waals surface area contributed by atoms with Gasteiger partial charge in [-0.25, -0.2) is 0 Å². The van der Waals surface area contributed by atoms with Crippen LogP contribution in [0.1, 0.15) is 30.7 Å². The van der Waals surface area contributed by atoms with Gasteiger partial charge in [0.2, 0.25) is 0 Å². The lowest BCUT2D eigenvalue weighted by molar-refractivity contribution is -0.142. The van der Waals surface area contributed by atoms with Gasteiger partial charge in [-0.05, 0) is 24.3 Å². The van der Waals surface area contributed by atoms with Crippen LogP contribution in [0, 0.1) is 5.92 Å². The monoisotopic (exact) mass is 190 g/mol. The zero-order valence-electron chi connectivity index (χ0n) is 8.02. The minimum atomic E-state index is -0.642. The third-order valence-corrected chi connectivity index (χ3v) is 3.06. The molecule has 0 radical (unpaired) electrons. The predicted molar refractivity (Wildman–Crippen MR) is 54.2 cm³/mol. The molecule has 1 saturated carbocycles. The second-order valence-corrected chi connectivity index (χ2v) is 3.89. The number of hydrogen-bond donors (Lipinski definition) is 1. The first kappa shape index (κ1) is 9.25. The third-order valence-electron chi connectivity index (χ3n) is 3.06. The number of aliphatic carboxylic acids is 1. The lowest BCUT2D eigenvalue weighted by atomic mass is 9.89. The van der Waals surface area contributed by atoms with E-state index in [4.69, 9.17) is 5.11 Å². The van der Waals surface area contributed by atoms with Gasteiger partial charge in [-0.2, -0.15) is 0 Å². The first-order valence-electron chi connectivity index (χ1n) is 5.07. The van der Waals surface area contributed by atoms with E-state index in [1.807, 2.05) is 30.3 Å². The predicted octanol–water partition coefficient (Wildman–Crippen LogP) is 2.65. The maximum Gasteiger partial charge on any atom is 0.307 e. The van der Waals surface area contributed by atoms with Gasteiger partial charge in [0.1, 0.15) is 0 Å². The lowest BCUT2D eigenvalue weighted by Crippen LogP contribution is -2.16. The van der Waals surface area contributed by atoms with E-state index >= 15 is 0 Å². The van der Waals surface area contributed by atoms with E-state index in [1.54, 1.807) is 0 Å². The minimum Gasteiger partial charge on any atom is -0.481 e. The van der Waals surface area contributed by atoms with Crippen LogP contribution < -0.4 is 0 Å². The van der Waals surface area contributed by atoms with Gasteiger partial charge in [0.25, 0.3) is 0 Å². The Morgan fingerprint density at radius 3 is 2.57 bits per heavy atom. The van der Waals surface area contributed by atoms with E-state index in [9.17, 15) is 4.79 Å². The number of carbonyl (C=O) groups is 1. The SMILES string of the molecule is O=C(O)[C@H]1CCC[C@H]1c1ccccc1. The van der Waals surface area contributed by atoms with Crippen LogP contribution in [-0.4, -0.2) is 11.1 Å². The van der Waals surface area contributed by atoms with Crippen LogP contribution in [0.4, 0.5) is 0 Å². The third kappa shape index (κ3) is 1.65. The number of rotatable bonds is 2. The quantitative estimate of drug-likeness (QED) is 0.778. The maximum atomic E-state index is 11.0. The number of hydrogen-bond acceptors (Lipinski definition) is 1. The van der Waals surface area contributed by atoms with E-state index in [-0.39, 0.29) is 11.8 Å². The van der Waals surface area contributed by atoms with Gasteiger partial charge in [0, 0.05) is 0 Å². The largest absolute Gasteiger partial charge is 0.481 e. The van der Waals surface area contributed by atoms with Crippen molar-refractivity contribution in [3.63, 3.8) is 0 Å². The van der Waals surface area contributed by atoms with E-state index in [1.165, 1.54) is 5.56 Å². The molecule has 1 aliphatic carbocycles. The van der Waals surface area contributed by atoms with Crippen LogP contribution in [0.15, 0.2) is 30.3 Å². The summed E-state index contributed by atoms with van der Waals surface area (Å²) >= 11 is 0. The highest BCUT2D eigenvalue weighted by molar-refractivity contribution is 5.71. The van der Waals surface area contributed by atoms with Crippen molar-refractivity contribution >= 4 is 5.97 Å². The molecule has 1 fully saturated rings. The summed E-state index contributed by atoms with van der Waals surface area (Å²) in [7, 11) is 0. The Morgan fingerprint density at radius 2 is 1.93 bits per heavy atom. The van der Waals surface area contributed by atoms with E-state index in [0.717, 1.165) is 19.3 Å². The molecule has 0 unspecified atom stereocenters. The molecule has 0 spiro atoms. The van der Waals surface area contributed by atoms with Gasteiger partial charge in [-0.15, -0.1) is 0 Å². The molecule has 0 aliphatic heterocycles. The fourth-order valence-corrected chi connectivity index (χ4v) is 2.35. The van der Waals surface area contributed by atoms with Gasteiger partial charge in [-0.3, -0.25) is 4.79 Å². The van der Waals surface area contributed by atoms with Crippen molar-refractivity contribution in [3.05, 3.63) is 35.9 Å². The van der Waals surface area contributed by atoms with Crippen LogP contribution in [0.5, 0.6) is 0 Å². The first-order chi connectivity index (χ1) is 6.79. The summed E-state index contributed by atoms with van der Waals surface area (Å²) in [5.41, 5.74) is 1.18. The topological polar surface area (TPSA) is 37.3 Å². The van der Waals surface area contributed by atoms with Crippen molar-refractivity contribution in [2.75, 3.05) is 0 Å². The molecule has 0 saturated heterocycles. The summed E-state index contributed by atoms with van der Waals surface area (Å²) in [6.07, 6.45) is 2.88. The zero-order chi connectivity index (χ0) is 9.97. The molecule has 2 rings (SSSR count). The molecule has 14 heavy (non-hydrogen) atoms. The average molecular weight is 190 g/mol. The highest BCUT2D eigenvalue weighted by Crippen LogP contribution is 2.39. The van der Waals surface area contributed by atoms with Gasteiger partial charge in [0.15, 0.2) is 0 Å². The molecule has 2 nitrogen and oxygen atoms in total. The molecule has 2 heteroatoms. The summed E-state index contributed by atoms with van der Waals surface area (Å²) in [6.45, 7) is 0. The summed E-state index contributed by atoms with van der Waals surface area (Å²) in [6, 6.07) is 9.99. The molecule has 0 aromatic heterocycles. The standard InChI is InChI=1S/C12H14O2/c13-12(14)11-8-4-7-10(11)9-5-2-1-3-6-9/h1-3,5-6,10-11H,4,7-8H2,(H,13,14)/t10-,11-/m0/s1. The molecule has 1 aliphatic rings. The zero-order valence-corrected chi connectivity index (χ0v) is 8.02. The molecule has 1 aromatic rings. The summed E-state index contributed by atoms with van der Waals surface area (Å²) in [5.74, 6) is -0.581. The molecule has 74 valence electrons. The Hall–Kier alpha value is -1.31. The molecule has 0 amide bonds. The smallest absolute Gasteiger partial charge is 0.307 e. The Morgan fingerprint density at radius 1 is 1.21 bits per heavy atom. The van der Waals surface area contributed by atoms with Crippen molar-refractivity contribution in [2.24, 2.45) is 5.92 Å². The highest BCUT2D eigenvalue weighted by atomic mass is 16.4. The van der Waals surface area contributed by atoms with Crippen LogP contribution >= 0.6 is 0 Å². The van der Waals surface area contributed by atoms with Crippen LogP contribution in [0.2, 0.25) is 0 Å². The second kappa shape index (κ2) is 3.82. The van der Waals surface area contributed by atoms with Crippen molar-refractivity contribution in [2.45, 2.75) is 25.2 Å². The van der Waals surface area contributed by atoms with E-state index < -0.39 is 5.97 Å². The van der Waals surface area contributed by atoms with Gasteiger partial charge in [0.05, 0.1) is 5.92 Å². The second-order valence-electron chi connectivity index (χ2n) is 3.89. The van der Waals surface area contributed by atoms with Crippen LogP contribution in [0.3, 0.4) is 0 Å². The fraction of sp³-hybridized carbons (Fsp3) is 0.417. The summed E-state index contributed by atoms with van der Waals surface area (Å²) in [5, 5.41) is 9.04. The molecule has 1 aromatic carbocycles. The molecular weight excluding hydrogens is 176 g/mol. The summed E-state index contributed by atoms with van der Waals surface area (Å²) in [4.78, 5) is 11.0. The molecular formula is C12H14O2.